The van der Waals surface area contributed by atoms with Gasteiger partial charge in [0.15, 0.2) is 0 Å². The van der Waals surface area contributed by atoms with Crippen LogP contribution in [-0.2, 0) is 0 Å². The molecule has 0 spiro atoms. The Bertz CT molecular complexity index is 424. The molecule has 2 heteroatoms. The smallest absolute Gasteiger partial charge is 0.248 e. The molecule has 0 atom stereocenters. The fraction of sp³-hybridized carbons (Fsp3) is 0.250. The van der Waals surface area contributed by atoms with Crippen LogP contribution >= 0.6 is 0 Å². The minimum absolute atomic E-state index is 0.393. The lowest BCUT2D eigenvalue weighted by molar-refractivity contribution is 0.1000. The summed E-state index contributed by atoms with van der Waals surface area (Å²) < 4.78 is 0. The first kappa shape index (κ1) is 8.83. The van der Waals surface area contributed by atoms with Gasteiger partial charge in [0.25, 0.3) is 0 Å². The summed E-state index contributed by atoms with van der Waals surface area (Å²) in [7, 11) is 0. The van der Waals surface area contributed by atoms with Gasteiger partial charge in [-0.2, -0.15) is 0 Å². The first-order valence-corrected chi connectivity index (χ1v) is 4.62. The van der Waals surface area contributed by atoms with Crippen molar-refractivity contribution in [2.24, 2.45) is 5.73 Å². The number of nitrogens with two attached hydrogens (primary N) is 1. The van der Waals surface area contributed by atoms with E-state index in [0.29, 0.717) is 11.5 Å². The van der Waals surface area contributed by atoms with Crippen molar-refractivity contribution in [1.82, 2.24) is 0 Å². The first-order valence-electron chi connectivity index (χ1n) is 4.62. The van der Waals surface area contributed by atoms with E-state index in [9.17, 15) is 4.79 Å². The molecule has 1 fully saturated rings. The maximum absolute atomic E-state index is 11.0. The van der Waals surface area contributed by atoms with Crippen LogP contribution in [0.15, 0.2) is 18.2 Å². The number of hydrogen-bond donors (Lipinski definition) is 1. The number of rotatable bonds is 2. The average Bonchev–Trinajstić information content (AvgIpc) is 3.00. The van der Waals surface area contributed by atoms with Gasteiger partial charge in [0.1, 0.15) is 0 Å². The summed E-state index contributed by atoms with van der Waals surface area (Å²) in [5.41, 5.74) is 7.74. The number of benzene rings is 1. The molecule has 1 saturated carbocycles. The van der Waals surface area contributed by atoms with Crippen molar-refractivity contribution in [3.63, 3.8) is 0 Å². The lowest BCUT2D eigenvalue weighted by atomic mass is 10.0. The van der Waals surface area contributed by atoms with Crippen LogP contribution in [-0.4, -0.2) is 5.91 Å². The maximum atomic E-state index is 11.0. The Morgan fingerprint density at radius 3 is 2.71 bits per heavy atom. The summed E-state index contributed by atoms with van der Waals surface area (Å²) in [4.78, 5) is 11.0. The van der Waals surface area contributed by atoms with E-state index in [1.54, 1.807) is 12.1 Å². The van der Waals surface area contributed by atoms with Crippen LogP contribution in [0.4, 0.5) is 0 Å². The lowest BCUT2D eigenvalue weighted by Crippen LogP contribution is -2.11. The van der Waals surface area contributed by atoms with E-state index in [2.05, 4.69) is 5.92 Å². The molecule has 2 N–H and O–H groups in total. The zero-order chi connectivity index (χ0) is 10.1. The Balaban J connectivity index is 2.48. The number of carbonyl (C=O) groups is 1. The Kier molecular flexibility index (Phi) is 2.01. The van der Waals surface area contributed by atoms with Gasteiger partial charge < -0.3 is 5.73 Å². The van der Waals surface area contributed by atoms with Crippen molar-refractivity contribution >= 4 is 5.91 Å². The minimum Gasteiger partial charge on any atom is -0.366 e. The van der Waals surface area contributed by atoms with Gasteiger partial charge in [-0.25, -0.2) is 0 Å². The molecule has 70 valence electrons. The summed E-state index contributed by atoms with van der Waals surface area (Å²) in [6.07, 6.45) is 7.70. The third kappa shape index (κ3) is 1.49. The second-order valence-corrected chi connectivity index (χ2v) is 3.58. The molecule has 0 bridgehead atoms. The standard InChI is InChI=1S/C12H11NO/c1-2-8-3-6-10(12(13)14)7-11(8)9-4-5-9/h1,3,6-7,9H,4-5H2,(H2,13,14). The number of carbonyl (C=O) groups excluding carboxylic acids is 1. The summed E-state index contributed by atoms with van der Waals surface area (Å²) in [5.74, 6) is 2.78. The Hall–Kier alpha value is -1.75. The number of primary amides is 1. The predicted molar refractivity (Wildman–Crippen MR) is 54.9 cm³/mol. The highest BCUT2D eigenvalue weighted by Crippen LogP contribution is 2.41. The van der Waals surface area contributed by atoms with Gasteiger partial charge in [-0.3, -0.25) is 4.79 Å². The lowest BCUT2D eigenvalue weighted by Gasteiger charge is -2.04. The molecule has 2 rings (SSSR count). The van der Waals surface area contributed by atoms with Crippen LogP contribution in [0.3, 0.4) is 0 Å². The van der Waals surface area contributed by atoms with Crippen LogP contribution in [0.25, 0.3) is 0 Å². The van der Waals surface area contributed by atoms with Crippen LogP contribution in [0.2, 0.25) is 0 Å². The average molecular weight is 185 g/mol. The van der Waals surface area contributed by atoms with Gasteiger partial charge in [0.2, 0.25) is 5.91 Å². The van der Waals surface area contributed by atoms with Crippen molar-refractivity contribution in [1.29, 1.82) is 0 Å². The second kappa shape index (κ2) is 3.19. The maximum Gasteiger partial charge on any atom is 0.248 e. The molecule has 0 radical (unpaired) electrons. The predicted octanol–water partition coefficient (Wildman–Crippen LogP) is 1.64. The molecule has 14 heavy (non-hydrogen) atoms. The summed E-state index contributed by atoms with van der Waals surface area (Å²) in [5, 5.41) is 0. The van der Waals surface area contributed by atoms with E-state index in [1.807, 2.05) is 6.07 Å². The highest BCUT2D eigenvalue weighted by atomic mass is 16.1. The summed E-state index contributed by atoms with van der Waals surface area (Å²) >= 11 is 0. The molecule has 0 aromatic heterocycles. The highest BCUT2D eigenvalue weighted by molar-refractivity contribution is 5.93. The third-order valence-electron chi connectivity index (χ3n) is 2.51. The largest absolute Gasteiger partial charge is 0.366 e. The Morgan fingerprint density at radius 2 is 2.21 bits per heavy atom. The molecule has 2 nitrogen and oxygen atoms in total. The van der Waals surface area contributed by atoms with Gasteiger partial charge >= 0.3 is 0 Å². The van der Waals surface area contributed by atoms with Crippen molar-refractivity contribution in [2.45, 2.75) is 18.8 Å². The Labute approximate surface area is 83.1 Å². The van der Waals surface area contributed by atoms with Crippen LogP contribution in [0.5, 0.6) is 0 Å². The fourth-order valence-electron chi connectivity index (χ4n) is 1.58. The molecular weight excluding hydrogens is 174 g/mol. The van der Waals surface area contributed by atoms with Gasteiger partial charge in [-0.1, -0.05) is 5.92 Å². The minimum atomic E-state index is -0.393. The van der Waals surface area contributed by atoms with E-state index in [1.165, 1.54) is 0 Å². The van der Waals surface area contributed by atoms with Crippen LogP contribution in [0, 0.1) is 12.3 Å². The van der Waals surface area contributed by atoms with Gasteiger partial charge in [-0.15, -0.1) is 6.42 Å². The van der Waals surface area contributed by atoms with E-state index in [4.69, 9.17) is 12.2 Å². The quantitative estimate of drug-likeness (QED) is 0.699. The molecule has 0 saturated heterocycles. The molecule has 0 unspecified atom stereocenters. The van der Waals surface area contributed by atoms with Gasteiger partial charge in [0.05, 0.1) is 0 Å². The molecule has 0 aliphatic heterocycles. The highest BCUT2D eigenvalue weighted by Gasteiger charge is 2.26. The topological polar surface area (TPSA) is 43.1 Å². The second-order valence-electron chi connectivity index (χ2n) is 3.58. The first-order chi connectivity index (χ1) is 6.72. The summed E-state index contributed by atoms with van der Waals surface area (Å²) in [6.45, 7) is 0. The molecule has 1 aliphatic carbocycles. The zero-order valence-corrected chi connectivity index (χ0v) is 7.79. The zero-order valence-electron chi connectivity index (χ0n) is 7.79. The molecule has 0 heterocycles. The monoisotopic (exact) mass is 185 g/mol. The van der Waals surface area contributed by atoms with E-state index in [0.717, 1.165) is 24.0 Å². The number of hydrogen-bond acceptors (Lipinski definition) is 1. The van der Waals surface area contributed by atoms with Gasteiger partial charge in [-0.05, 0) is 42.5 Å². The molecular formula is C12H11NO. The van der Waals surface area contributed by atoms with Gasteiger partial charge in [0, 0.05) is 11.1 Å². The molecule has 1 aromatic rings. The molecule has 1 aromatic carbocycles. The van der Waals surface area contributed by atoms with Crippen molar-refractivity contribution in [2.75, 3.05) is 0 Å². The number of terminal acetylenes is 1. The fourth-order valence-corrected chi connectivity index (χ4v) is 1.58. The molecule has 1 amide bonds. The van der Waals surface area contributed by atoms with E-state index >= 15 is 0 Å². The van der Waals surface area contributed by atoms with Crippen molar-refractivity contribution < 1.29 is 4.79 Å². The summed E-state index contributed by atoms with van der Waals surface area (Å²) in [6, 6.07) is 5.31. The number of amides is 1. The van der Waals surface area contributed by atoms with Crippen LogP contribution < -0.4 is 5.73 Å². The molecule has 1 aliphatic rings. The third-order valence-corrected chi connectivity index (χ3v) is 2.51. The normalized spacial score (nSPS) is 14.8. The SMILES string of the molecule is C#Cc1ccc(C(N)=O)cc1C1CC1. The Morgan fingerprint density at radius 1 is 1.50 bits per heavy atom. The van der Waals surface area contributed by atoms with Crippen LogP contribution in [0.1, 0.15) is 40.2 Å². The van der Waals surface area contributed by atoms with Crippen molar-refractivity contribution in [3.8, 4) is 12.3 Å². The van der Waals surface area contributed by atoms with Crippen molar-refractivity contribution in [3.05, 3.63) is 34.9 Å². The van der Waals surface area contributed by atoms with E-state index in [-0.39, 0.29) is 0 Å². The van der Waals surface area contributed by atoms with E-state index < -0.39 is 5.91 Å².